The van der Waals surface area contributed by atoms with Gasteiger partial charge in [0.05, 0.1) is 16.3 Å². The fourth-order valence-corrected chi connectivity index (χ4v) is 3.61. The Kier molecular flexibility index (Phi) is 5.90. The van der Waals surface area contributed by atoms with Gasteiger partial charge in [0.2, 0.25) is 0 Å². The monoisotopic (exact) mass is 438 g/mol. The van der Waals surface area contributed by atoms with E-state index >= 15 is 0 Å². The van der Waals surface area contributed by atoms with Gasteiger partial charge in [0, 0.05) is 31.1 Å². The van der Waals surface area contributed by atoms with E-state index in [-0.39, 0.29) is 18.1 Å². The average Bonchev–Trinajstić information content (AvgIpc) is 2.69. The van der Waals surface area contributed by atoms with Gasteiger partial charge in [-0.1, -0.05) is 24.2 Å². The number of nitrogens with two attached hydrogens (primary N) is 1. The molecule has 1 aliphatic heterocycles. The normalized spacial score (nSPS) is 16.6. The van der Waals surface area contributed by atoms with Gasteiger partial charge in [-0.3, -0.25) is 0 Å². The minimum absolute atomic E-state index is 0.149. The second kappa shape index (κ2) is 8.10. The van der Waals surface area contributed by atoms with Crippen LogP contribution in [0.2, 0.25) is 5.02 Å². The number of benzene rings is 1. The van der Waals surface area contributed by atoms with Crippen LogP contribution >= 0.6 is 11.6 Å². The summed E-state index contributed by atoms with van der Waals surface area (Å²) < 4.78 is 52.8. The molecule has 9 heteroatoms. The Bertz CT molecular complexity index is 1060. The Morgan fingerprint density at radius 1 is 1.37 bits per heavy atom. The van der Waals surface area contributed by atoms with Crippen molar-refractivity contribution in [2.24, 2.45) is 0 Å². The van der Waals surface area contributed by atoms with E-state index in [9.17, 15) is 17.6 Å². The Balaban J connectivity index is 2.02. The van der Waals surface area contributed by atoms with Crippen LogP contribution in [0.15, 0.2) is 42.1 Å². The Morgan fingerprint density at radius 2 is 2.07 bits per heavy atom. The van der Waals surface area contributed by atoms with Crippen LogP contribution in [-0.2, 0) is 6.18 Å². The van der Waals surface area contributed by atoms with Gasteiger partial charge in [-0.2, -0.15) is 13.2 Å². The summed E-state index contributed by atoms with van der Waals surface area (Å²) >= 11 is 6.05. The molecule has 0 radical (unpaired) electrons. The number of aromatic nitrogens is 1. The zero-order valence-electron chi connectivity index (χ0n) is 16.1. The van der Waals surface area contributed by atoms with Crippen LogP contribution in [0, 0.1) is 11.2 Å². The minimum atomic E-state index is -4.66. The summed E-state index contributed by atoms with van der Waals surface area (Å²) in [6.45, 7) is 6.48. The molecule has 0 amide bonds. The first-order chi connectivity index (χ1) is 14.0. The fourth-order valence-electron chi connectivity index (χ4n) is 3.44. The molecular weight excluding hydrogens is 420 g/mol. The van der Waals surface area contributed by atoms with Crippen LogP contribution in [0.5, 0.6) is 0 Å². The molecule has 1 aliphatic rings. The molecule has 1 aromatic carbocycles. The third-order valence-corrected chi connectivity index (χ3v) is 5.47. The maximum absolute atomic E-state index is 14.4. The quantitative estimate of drug-likeness (QED) is 0.366. The summed E-state index contributed by atoms with van der Waals surface area (Å²) in [5.41, 5.74) is 8.66. The first-order valence-electron chi connectivity index (χ1n) is 8.99. The number of pyridine rings is 1. The Hall–Kier alpha value is -2.87. The summed E-state index contributed by atoms with van der Waals surface area (Å²) in [4.78, 5) is 5.30. The molecule has 3 rings (SSSR count). The maximum atomic E-state index is 14.4. The van der Waals surface area contributed by atoms with E-state index in [4.69, 9.17) is 22.7 Å². The zero-order chi connectivity index (χ0) is 22.2. The lowest BCUT2D eigenvalue weighted by Crippen LogP contribution is -2.34. The van der Waals surface area contributed by atoms with Crippen molar-refractivity contribution in [2.75, 3.05) is 23.7 Å². The molecule has 3 N–H and O–H groups in total. The fraction of sp³-hybridized carbons (Fsp3) is 0.238. The zero-order valence-corrected chi connectivity index (χ0v) is 16.8. The molecule has 30 heavy (non-hydrogen) atoms. The summed E-state index contributed by atoms with van der Waals surface area (Å²) in [6, 6.07) is 3.82. The minimum Gasteiger partial charge on any atom is -0.397 e. The van der Waals surface area contributed by atoms with Crippen LogP contribution in [-0.4, -0.2) is 24.3 Å². The van der Waals surface area contributed by atoms with Crippen molar-refractivity contribution in [1.82, 2.24) is 4.98 Å². The molecule has 2 aromatic rings. The molecule has 1 aromatic heterocycles. The van der Waals surface area contributed by atoms with Gasteiger partial charge >= 0.3 is 6.18 Å². The van der Waals surface area contributed by atoms with E-state index in [1.807, 2.05) is 6.92 Å². The topological polar surface area (TPSA) is 66.0 Å². The molecule has 1 fully saturated rings. The summed E-state index contributed by atoms with van der Waals surface area (Å²) in [7, 11) is 0. The van der Waals surface area contributed by atoms with Crippen LogP contribution in [0.3, 0.4) is 0 Å². The van der Waals surface area contributed by atoms with Gasteiger partial charge in [-0.15, -0.1) is 0 Å². The number of nitrogens with one attached hydrogen (secondary N) is 1. The molecule has 0 spiro atoms. The highest BCUT2D eigenvalue weighted by atomic mass is 35.5. The molecule has 0 unspecified atom stereocenters. The number of rotatable bonds is 3. The van der Waals surface area contributed by atoms with Crippen molar-refractivity contribution in [3.05, 3.63) is 69.7 Å². The van der Waals surface area contributed by atoms with E-state index in [1.54, 1.807) is 17.0 Å². The Labute approximate surface area is 176 Å². The standard InChI is InChI=1S/C21H19ClF4N4/c1-11-5-6-30(20-18(23)7-13(9-29-20)21(24,25)26)10-16(11)12(2)14-3-4-17(22)19(28)15(14)8-27/h3-4,7-9,27H,1,5-6,10,28H2,2H3/b16-12+,27-8?. The predicted molar refractivity (Wildman–Crippen MR) is 112 cm³/mol. The van der Waals surface area contributed by atoms with E-state index in [2.05, 4.69) is 11.6 Å². The number of nitrogens with zero attached hydrogens (tertiary/aromatic N) is 2. The molecule has 1 saturated heterocycles. The maximum Gasteiger partial charge on any atom is 0.417 e. The second-order valence-corrected chi connectivity index (χ2v) is 7.38. The first kappa shape index (κ1) is 21.8. The van der Waals surface area contributed by atoms with Gasteiger partial charge in [-0.25, -0.2) is 9.37 Å². The molecular formula is C21H19ClF4N4. The number of anilines is 2. The first-order valence-corrected chi connectivity index (χ1v) is 9.36. The van der Waals surface area contributed by atoms with Crippen LogP contribution < -0.4 is 10.6 Å². The number of allylic oxidation sites excluding steroid dienone is 1. The van der Waals surface area contributed by atoms with E-state index < -0.39 is 17.6 Å². The molecule has 0 atom stereocenters. The van der Waals surface area contributed by atoms with Gasteiger partial charge < -0.3 is 16.0 Å². The number of alkyl halides is 3. The van der Waals surface area contributed by atoms with E-state index in [1.165, 1.54) is 0 Å². The van der Waals surface area contributed by atoms with Crippen LogP contribution in [0.4, 0.5) is 29.1 Å². The van der Waals surface area contributed by atoms with Crippen molar-refractivity contribution in [2.45, 2.75) is 19.5 Å². The van der Waals surface area contributed by atoms with Crippen molar-refractivity contribution >= 4 is 34.9 Å². The molecule has 4 nitrogen and oxygen atoms in total. The third-order valence-electron chi connectivity index (χ3n) is 5.14. The summed E-state index contributed by atoms with van der Waals surface area (Å²) in [5.74, 6) is -1.19. The number of piperidine rings is 1. The van der Waals surface area contributed by atoms with E-state index in [0.29, 0.717) is 41.4 Å². The molecule has 158 valence electrons. The second-order valence-electron chi connectivity index (χ2n) is 6.97. The largest absolute Gasteiger partial charge is 0.417 e. The molecule has 0 bridgehead atoms. The molecule has 0 aliphatic carbocycles. The summed E-state index contributed by atoms with van der Waals surface area (Å²) in [5, 5.41) is 8.01. The van der Waals surface area contributed by atoms with Crippen LogP contribution in [0.25, 0.3) is 5.57 Å². The molecule has 0 saturated carbocycles. The average molecular weight is 439 g/mol. The highest BCUT2D eigenvalue weighted by molar-refractivity contribution is 6.33. The lowest BCUT2D eigenvalue weighted by Gasteiger charge is -2.33. The predicted octanol–water partition coefficient (Wildman–Crippen LogP) is 5.71. The van der Waals surface area contributed by atoms with Gasteiger partial charge in [0.1, 0.15) is 0 Å². The van der Waals surface area contributed by atoms with Crippen molar-refractivity contribution < 1.29 is 17.6 Å². The highest BCUT2D eigenvalue weighted by Gasteiger charge is 2.33. The highest BCUT2D eigenvalue weighted by Crippen LogP contribution is 2.36. The number of hydrogen-bond acceptors (Lipinski definition) is 4. The van der Waals surface area contributed by atoms with Crippen molar-refractivity contribution in [1.29, 1.82) is 5.41 Å². The SMILES string of the molecule is C=C1CCN(c2ncc(C(F)(F)F)cc2F)C/C1=C(/C)c1ccc(Cl)c(N)c1C=N. The number of nitrogen functional groups attached to an aromatic ring is 1. The van der Waals surface area contributed by atoms with Gasteiger partial charge in [0.15, 0.2) is 11.6 Å². The smallest absolute Gasteiger partial charge is 0.397 e. The third kappa shape index (κ3) is 4.05. The van der Waals surface area contributed by atoms with Crippen molar-refractivity contribution in [3.63, 3.8) is 0 Å². The molecule has 2 heterocycles. The van der Waals surface area contributed by atoms with Crippen LogP contribution in [0.1, 0.15) is 30.0 Å². The lowest BCUT2D eigenvalue weighted by atomic mass is 9.89. The number of hydrogen-bond donors (Lipinski definition) is 2. The lowest BCUT2D eigenvalue weighted by molar-refractivity contribution is -0.138. The van der Waals surface area contributed by atoms with E-state index in [0.717, 1.165) is 22.9 Å². The summed E-state index contributed by atoms with van der Waals surface area (Å²) in [6.07, 6.45) is -2.44. The van der Waals surface area contributed by atoms with Crippen molar-refractivity contribution in [3.8, 4) is 0 Å². The van der Waals surface area contributed by atoms with Gasteiger partial charge in [-0.05, 0) is 47.8 Å². The Morgan fingerprint density at radius 3 is 2.67 bits per heavy atom. The number of halogens is 5. The van der Waals surface area contributed by atoms with Gasteiger partial charge in [0.25, 0.3) is 0 Å².